The lowest BCUT2D eigenvalue weighted by Crippen LogP contribution is -2.29. The van der Waals surface area contributed by atoms with E-state index in [4.69, 9.17) is 28.4 Å². The average Bonchev–Trinajstić information content (AvgIpc) is 3.24. The van der Waals surface area contributed by atoms with Gasteiger partial charge in [0, 0.05) is 12.2 Å². The highest BCUT2D eigenvalue weighted by Crippen LogP contribution is 2.26. The Hall–Kier alpha value is -4.60. The molecule has 58 heavy (non-hydrogen) atoms. The van der Waals surface area contributed by atoms with Crippen molar-refractivity contribution in [2.75, 3.05) is 26.4 Å². The normalized spacial score (nSPS) is 14.8. The van der Waals surface area contributed by atoms with Crippen molar-refractivity contribution < 1.29 is 47.6 Å². The van der Waals surface area contributed by atoms with E-state index in [0.29, 0.717) is 63.2 Å². The Labute approximate surface area is 347 Å². The molecular weight excluding hydrogens is 737 g/mol. The van der Waals surface area contributed by atoms with Crippen LogP contribution >= 0.6 is 0 Å². The smallest absolute Gasteiger partial charge is 0.338 e. The van der Waals surface area contributed by atoms with Crippen LogP contribution in [-0.2, 0) is 28.5 Å². The lowest BCUT2D eigenvalue weighted by atomic mass is 9.95. The van der Waals surface area contributed by atoms with E-state index in [9.17, 15) is 19.2 Å². The molecule has 1 saturated carbocycles. The minimum absolute atomic E-state index is 0.206. The third kappa shape index (κ3) is 21.8. The molecule has 0 spiro atoms. The summed E-state index contributed by atoms with van der Waals surface area (Å²) in [4.78, 5) is 47.7. The molecule has 0 unspecified atom stereocenters. The number of benzene rings is 2. The SMILES string of the molecule is C=CC(=O)OCCCCCCCCCCCOc1ccc(C(=O)OC2CCC(OC(=O)c3ccc(OCCCCCCCCCCCOC(=O)C=C)cc3)CC2)cc1. The standard InChI is InChI=1S/C48H68O10/c1-3-45(49)55-37-21-17-13-9-5-7-11-15-19-35-53-41-27-23-39(24-28-41)47(51)57-43-31-33-44(34-32-43)58-48(52)40-25-29-42(30-26-40)54-36-20-16-12-8-6-10-14-18-22-38-56-46(50)4-2/h3-4,23-30,43-44H,1-2,5-22,31-38H2. The quantitative estimate of drug-likeness (QED) is 0.0305. The zero-order chi connectivity index (χ0) is 41.5. The van der Waals surface area contributed by atoms with Crippen molar-refractivity contribution >= 4 is 23.9 Å². The summed E-state index contributed by atoms with van der Waals surface area (Å²) in [6.45, 7) is 9.02. The van der Waals surface area contributed by atoms with Gasteiger partial charge in [0.2, 0.25) is 0 Å². The third-order valence-corrected chi connectivity index (χ3v) is 10.3. The van der Waals surface area contributed by atoms with Crippen molar-refractivity contribution in [1.82, 2.24) is 0 Å². The molecular formula is C48H68O10. The van der Waals surface area contributed by atoms with Gasteiger partial charge in [0.15, 0.2) is 0 Å². The fourth-order valence-corrected chi connectivity index (χ4v) is 6.81. The molecule has 320 valence electrons. The van der Waals surface area contributed by atoms with Gasteiger partial charge in [-0.25, -0.2) is 19.2 Å². The van der Waals surface area contributed by atoms with Crippen LogP contribution in [0.1, 0.15) is 162 Å². The Morgan fingerprint density at radius 3 is 1.00 bits per heavy atom. The van der Waals surface area contributed by atoms with Crippen LogP contribution in [0.25, 0.3) is 0 Å². The van der Waals surface area contributed by atoms with Gasteiger partial charge in [-0.2, -0.15) is 0 Å². The first-order valence-electron chi connectivity index (χ1n) is 21.8. The zero-order valence-electron chi connectivity index (χ0n) is 34.8. The van der Waals surface area contributed by atoms with E-state index in [-0.39, 0.29) is 36.1 Å². The summed E-state index contributed by atoms with van der Waals surface area (Å²) < 4.78 is 33.3. The second kappa shape index (κ2) is 30.5. The van der Waals surface area contributed by atoms with Crippen LogP contribution < -0.4 is 9.47 Å². The van der Waals surface area contributed by atoms with Crippen LogP contribution in [0.4, 0.5) is 0 Å². The second-order valence-corrected chi connectivity index (χ2v) is 15.1. The Balaban J connectivity index is 1.16. The van der Waals surface area contributed by atoms with Crippen LogP contribution in [0, 0.1) is 0 Å². The summed E-state index contributed by atoms with van der Waals surface area (Å²) in [5.74, 6) is 0.0794. The largest absolute Gasteiger partial charge is 0.494 e. The minimum Gasteiger partial charge on any atom is -0.494 e. The maximum atomic E-state index is 12.8. The predicted octanol–water partition coefficient (Wildman–Crippen LogP) is 11.2. The molecule has 0 N–H and O–H groups in total. The number of unbranched alkanes of at least 4 members (excludes halogenated alkanes) is 16. The molecule has 2 aromatic carbocycles. The van der Waals surface area contributed by atoms with Crippen LogP contribution in [0.5, 0.6) is 11.5 Å². The maximum Gasteiger partial charge on any atom is 0.338 e. The number of rotatable bonds is 32. The van der Waals surface area contributed by atoms with Gasteiger partial charge in [0.05, 0.1) is 37.6 Å². The van der Waals surface area contributed by atoms with Crippen LogP contribution in [0.15, 0.2) is 73.8 Å². The fourth-order valence-electron chi connectivity index (χ4n) is 6.81. The molecule has 0 atom stereocenters. The van der Waals surface area contributed by atoms with Crippen molar-refractivity contribution in [1.29, 1.82) is 0 Å². The van der Waals surface area contributed by atoms with Gasteiger partial charge in [0.25, 0.3) is 0 Å². The lowest BCUT2D eigenvalue weighted by Gasteiger charge is -2.28. The topological polar surface area (TPSA) is 124 Å². The number of hydrogen-bond donors (Lipinski definition) is 0. The molecule has 0 amide bonds. The fraction of sp³-hybridized carbons (Fsp3) is 0.583. The van der Waals surface area contributed by atoms with Gasteiger partial charge in [-0.05, 0) is 99.9 Å². The van der Waals surface area contributed by atoms with Gasteiger partial charge in [-0.15, -0.1) is 0 Å². The first-order chi connectivity index (χ1) is 28.4. The molecule has 10 heteroatoms. The molecule has 1 aliphatic carbocycles. The summed E-state index contributed by atoms with van der Waals surface area (Å²) in [7, 11) is 0. The van der Waals surface area contributed by atoms with E-state index in [1.54, 1.807) is 24.3 Å². The highest BCUT2D eigenvalue weighted by molar-refractivity contribution is 5.90. The molecule has 0 radical (unpaired) electrons. The molecule has 2 aromatic rings. The molecule has 0 heterocycles. The molecule has 1 fully saturated rings. The van der Waals surface area contributed by atoms with E-state index < -0.39 is 0 Å². The number of carbonyl (C=O) groups excluding carboxylic acids is 4. The predicted molar refractivity (Wildman–Crippen MR) is 226 cm³/mol. The molecule has 0 aliphatic heterocycles. The maximum absolute atomic E-state index is 12.8. The minimum atomic E-state index is -0.351. The van der Waals surface area contributed by atoms with Crippen molar-refractivity contribution in [2.24, 2.45) is 0 Å². The van der Waals surface area contributed by atoms with E-state index >= 15 is 0 Å². The van der Waals surface area contributed by atoms with Gasteiger partial charge in [0.1, 0.15) is 23.7 Å². The summed E-state index contributed by atoms with van der Waals surface area (Å²) in [5.41, 5.74) is 0.986. The Kier molecular flexibility index (Phi) is 25.1. The van der Waals surface area contributed by atoms with Gasteiger partial charge < -0.3 is 28.4 Å². The van der Waals surface area contributed by atoms with Crippen molar-refractivity contribution in [3.63, 3.8) is 0 Å². The van der Waals surface area contributed by atoms with Crippen LogP contribution in [0.2, 0.25) is 0 Å². The Morgan fingerprint density at radius 2 is 0.707 bits per heavy atom. The molecule has 1 aliphatic rings. The first-order valence-corrected chi connectivity index (χ1v) is 21.8. The van der Waals surface area contributed by atoms with Crippen molar-refractivity contribution in [3.8, 4) is 11.5 Å². The van der Waals surface area contributed by atoms with Crippen molar-refractivity contribution in [2.45, 2.75) is 153 Å². The summed E-state index contributed by atoms with van der Waals surface area (Å²) in [6.07, 6.45) is 24.7. The number of carbonyl (C=O) groups is 4. The Morgan fingerprint density at radius 1 is 0.431 bits per heavy atom. The first kappa shape index (κ1) is 47.8. The molecule has 10 nitrogen and oxygen atoms in total. The Bertz CT molecular complexity index is 1350. The van der Waals surface area contributed by atoms with Gasteiger partial charge >= 0.3 is 23.9 Å². The molecule has 0 saturated heterocycles. The van der Waals surface area contributed by atoms with Crippen LogP contribution in [0.3, 0.4) is 0 Å². The van der Waals surface area contributed by atoms with E-state index in [1.807, 2.05) is 24.3 Å². The average molecular weight is 805 g/mol. The number of hydrogen-bond acceptors (Lipinski definition) is 10. The van der Waals surface area contributed by atoms with Gasteiger partial charge in [-0.1, -0.05) is 103 Å². The lowest BCUT2D eigenvalue weighted by molar-refractivity contribution is -0.138. The summed E-state index contributed by atoms with van der Waals surface area (Å²) >= 11 is 0. The van der Waals surface area contributed by atoms with Crippen molar-refractivity contribution in [3.05, 3.63) is 85.0 Å². The molecule has 3 rings (SSSR count). The van der Waals surface area contributed by atoms with Gasteiger partial charge in [-0.3, -0.25) is 0 Å². The highest BCUT2D eigenvalue weighted by Gasteiger charge is 2.27. The highest BCUT2D eigenvalue weighted by atomic mass is 16.6. The summed E-state index contributed by atoms with van der Waals surface area (Å²) in [5, 5.41) is 0. The van der Waals surface area contributed by atoms with E-state index in [1.165, 1.54) is 63.5 Å². The summed E-state index contributed by atoms with van der Waals surface area (Å²) in [6, 6.07) is 14.2. The second-order valence-electron chi connectivity index (χ2n) is 15.1. The monoisotopic (exact) mass is 804 g/mol. The number of ether oxygens (including phenoxy) is 6. The number of esters is 4. The van der Waals surface area contributed by atoms with E-state index in [0.717, 1.165) is 75.7 Å². The molecule has 0 aromatic heterocycles. The third-order valence-electron chi connectivity index (χ3n) is 10.3. The van der Waals surface area contributed by atoms with E-state index in [2.05, 4.69) is 13.2 Å². The van der Waals surface area contributed by atoms with Crippen LogP contribution in [-0.4, -0.2) is 62.5 Å². The zero-order valence-corrected chi connectivity index (χ0v) is 34.8. The molecule has 0 bridgehead atoms.